The van der Waals surface area contributed by atoms with Gasteiger partial charge in [-0.15, -0.1) is 0 Å². The zero-order valence-electron chi connectivity index (χ0n) is 11.3. The third-order valence-electron chi connectivity index (χ3n) is 2.87. The van der Waals surface area contributed by atoms with Crippen molar-refractivity contribution in [1.29, 1.82) is 0 Å². The molecule has 0 bridgehead atoms. The van der Waals surface area contributed by atoms with Gasteiger partial charge in [0, 0.05) is 17.0 Å². The van der Waals surface area contributed by atoms with Gasteiger partial charge in [-0.05, 0) is 44.5 Å². The molecule has 1 aromatic carbocycles. The van der Waals surface area contributed by atoms with Crippen LogP contribution in [0.1, 0.15) is 6.92 Å². The standard InChI is InChI=1S/C12H20N2O3S2/c1-9(12(8-15)18-3)14-10-4-6-11(7-5-10)19(16,17)13-2/h4-7,9,12-15H,8H2,1-3H3. The van der Waals surface area contributed by atoms with Gasteiger partial charge < -0.3 is 10.4 Å². The Bertz CT molecular complexity index is 484. The van der Waals surface area contributed by atoms with Crippen LogP contribution in [-0.2, 0) is 10.0 Å². The fourth-order valence-electron chi connectivity index (χ4n) is 1.64. The molecule has 19 heavy (non-hydrogen) atoms. The topological polar surface area (TPSA) is 78.4 Å². The summed E-state index contributed by atoms with van der Waals surface area (Å²) in [7, 11) is -2.01. The number of aliphatic hydroxyl groups excluding tert-OH is 1. The average molecular weight is 304 g/mol. The number of aliphatic hydroxyl groups is 1. The minimum Gasteiger partial charge on any atom is -0.395 e. The Hall–Kier alpha value is -0.760. The van der Waals surface area contributed by atoms with Crippen molar-refractivity contribution in [3.8, 4) is 0 Å². The molecule has 0 aliphatic rings. The van der Waals surface area contributed by atoms with E-state index < -0.39 is 10.0 Å². The largest absolute Gasteiger partial charge is 0.395 e. The van der Waals surface area contributed by atoms with Crippen LogP contribution >= 0.6 is 11.8 Å². The van der Waals surface area contributed by atoms with Gasteiger partial charge in [0.05, 0.1) is 11.5 Å². The van der Waals surface area contributed by atoms with Gasteiger partial charge in [-0.1, -0.05) is 0 Å². The van der Waals surface area contributed by atoms with Crippen molar-refractivity contribution < 1.29 is 13.5 Å². The first kappa shape index (κ1) is 16.3. The van der Waals surface area contributed by atoms with E-state index in [0.29, 0.717) is 0 Å². The molecule has 5 nitrogen and oxygen atoms in total. The minimum atomic E-state index is -3.39. The quantitative estimate of drug-likeness (QED) is 0.703. The van der Waals surface area contributed by atoms with E-state index >= 15 is 0 Å². The first-order valence-corrected chi connectivity index (χ1v) is 8.65. The van der Waals surface area contributed by atoms with Crippen LogP contribution in [0.5, 0.6) is 0 Å². The van der Waals surface area contributed by atoms with E-state index in [9.17, 15) is 13.5 Å². The van der Waals surface area contributed by atoms with Crippen LogP contribution in [0.3, 0.4) is 0 Å². The first-order chi connectivity index (χ1) is 8.94. The van der Waals surface area contributed by atoms with E-state index in [2.05, 4.69) is 10.0 Å². The third-order valence-corrected chi connectivity index (χ3v) is 5.46. The lowest BCUT2D eigenvalue weighted by Crippen LogP contribution is -2.30. The number of rotatable bonds is 7. The Morgan fingerprint density at radius 3 is 2.32 bits per heavy atom. The fraction of sp³-hybridized carbons (Fsp3) is 0.500. The molecule has 0 spiro atoms. The molecule has 0 heterocycles. The second-order valence-electron chi connectivity index (χ2n) is 4.12. The van der Waals surface area contributed by atoms with Crippen molar-refractivity contribution >= 4 is 27.5 Å². The van der Waals surface area contributed by atoms with Gasteiger partial charge in [-0.2, -0.15) is 11.8 Å². The molecule has 0 radical (unpaired) electrons. The lowest BCUT2D eigenvalue weighted by Gasteiger charge is -2.22. The smallest absolute Gasteiger partial charge is 0.240 e. The molecule has 0 amide bonds. The Balaban J connectivity index is 2.78. The molecule has 0 aromatic heterocycles. The summed E-state index contributed by atoms with van der Waals surface area (Å²) in [5.74, 6) is 0. The van der Waals surface area contributed by atoms with Crippen LogP contribution in [-0.4, -0.2) is 44.7 Å². The predicted octanol–water partition coefficient (Wildman–Crippen LogP) is 1.12. The van der Waals surface area contributed by atoms with Crippen molar-refractivity contribution in [2.24, 2.45) is 0 Å². The van der Waals surface area contributed by atoms with Gasteiger partial charge >= 0.3 is 0 Å². The van der Waals surface area contributed by atoms with E-state index in [4.69, 9.17) is 0 Å². The Labute approximate surface area is 118 Å². The molecule has 108 valence electrons. The second-order valence-corrected chi connectivity index (χ2v) is 7.09. The van der Waals surface area contributed by atoms with Crippen LogP contribution in [0.4, 0.5) is 5.69 Å². The Morgan fingerprint density at radius 2 is 1.89 bits per heavy atom. The van der Waals surface area contributed by atoms with Gasteiger partial charge in [0.15, 0.2) is 0 Å². The molecule has 7 heteroatoms. The second kappa shape index (κ2) is 7.14. The molecule has 1 rings (SSSR count). The van der Waals surface area contributed by atoms with Gasteiger partial charge in [0.25, 0.3) is 0 Å². The molecule has 0 aliphatic carbocycles. The molecule has 0 saturated carbocycles. The number of hydrogen-bond acceptors (Lipinski definition) is 5. The van der Waals surface area contributed by atoms with Gasteiger partial charge in [-0.3, -0.25) is 0 Å². The highest BCUT2D eigenvalue weighted by Crippen LogP contribution is 2.18. The van der Waals surface area contributed by atoms with E-state index in [1.165, 1.54) is 7.05 Å². The van der Waals surface area contributed by atoms with E-state index in [-0.39, 0.29) is 22.8 Å². The minimum absolute atomic E-state index is 0.0896. The molecular weight excluding hydrogens is 284 g/mol. The molecule has 0 fully saturated rings. The van der Waals surface area contributed by atoms with E-state index in [0.717, 1.165) is 5.69 Å². The molecule has 2 unspecified atom stereocenters. The van der Waals surface area contributed by atoms with Crippen LogP contribution in [0.25, 0.3) is 0 Å². The SMILES string of the molecule is CNS(=O)(=O)c1ccc(NC(C)C(CO)SC)cc1. The number of benzene rings is 1. The maximum absolute atomic E-state index is 11.6. The summed E-state index contributed by atoms with van der Waals surface area (Å²) < 4.78 is 25.4. The van der Waals surface area contributed by atoms with Crippen molar-refractivity contribution in [3.05, 3.63) is 24.3 Å². The van der Waals surface area contributed by atoms with Crippen LogP contribution in [0, 0.1) is 0 Å². The molecular formula is C12H20N2O3S2. The summed E-state index contributed by atoms with van der Waals surface area (Å²) in [4.78, 5) is 0.233. The number of anilines is 1. The number of sulfonamides is 1. The fourth-order valence-corrected chi connectivity index (χ4v) is 3.00. The zero-order chi connectivity index (χ0) is 14.5. The lowest BCUT2D eigenvalue weighted by atomic mass is 10.2. The highest BCUT2D eigenvalue weighted by Gasteiger charge is 2.15. The van der Waals surface area contributed by atoms with Gasteiger partial charge in [-0.25, -0.2) is 13.1 Å². The number of nitrogens with one attached hydrogen (secondary N) is 2. The molecule has 3 N–H and O–H groups in total. The van der Waals surface area contributed by atoms with Crippen molar-refractivity contribution in [1.82, 2.24) is 4.72 Å². The Morgan fingerprint density at radius 1 is 1.32 bits per heavy atom. The van der Waals surface area contributed by atoms with Gasteiger partial charge in [0.2, 0.25) is 10.0 Å². The summed E-state index contributed by atoms with van der Waals surface area (Å²) in [5.41, 5.74) is 0.829. The zero-order valence-corrected chi connectivity index (χ0v) is 12.9. The van der Waals surface area contributed by atoms with Crippen LogP contribution < -0.4 is 10.0 Å². The van der Waals surface area contributed by atoms with Crippen LogP contribution in [0.15, 0.2) is 29.2 Å². The normalized spacial score (nSPS) is 14.9. The molecule has 1 aromatic rings. The lowest BCUT2D eigenvalue weighted by molar-refractivity contribution is 0.288. The molecule has 0 saturated heterocycles. The summed E-state index contributed by atoms with van der Waals surface area (Å²) in [5, 5.41) is 12.6. The average Bonchev–Trinajstić information content (AvgIpc) is 2.40. The molecule has 0 aliphatic heterocycles. The van der Waals surface area contributed by atoms with Crippen molar-refractivity contribution in [2.45, 2.75) is 23.1 Å². The van der Waals surface area contributed by atoms with Crippen molar-refractivity contribution in [2.75, 3.05) is 25.2 Å². The number of thioether (sulfide) groups is 1. The first-order valence-electron chi connectivity index (χ1n) is 5.88. The predicted molar refractivity (Wildman–Crippen MR) is 80.2 cm³/mol. The van der Waals surface area contributed by atoms with Gasteiger partial charge in [0.1, 0.15) is 0 Å². The highest BCUT2D eigenvalue weighted by atomic mass is 32.2. The maximum Gasteiger partial charge on any atom is 0.240 e. The summed E-state index contributed by atoms with van der Waals surface area (Å²) in [6.45, 7) is 2.08. The van der Waals surface area contributed by atoms with E-state index in [1.807, 2.05) is 13.2 Å². The third kappa shape index (κ3) is 4.38. The molecule has 2 atom stereocenters. The number of hydrogen-bond donors (Lipinski definition) is 3. The van der Waals surface area contributed by atoms with E-state index in [1.54, 1.807) is 36.0 Å². The summed E-state index contributed by atoms with van der Waals surface area (Å²) in [6, 6.07) is 6.62. The summed E-state index contributed by atoms with van der Waals surface area (Å²) >= 11 is 1.59. The maximum atomic E-state index is 11.6. The Kier molecular flexibility index (Phi) is 6.12. The monoisotopic (exact) mass is 304 g/mol. The van der Waals surface area contributed by atoms with Crippen LogP contribution in [0.2, 0.25) is 0 Å². The highest BCUT2D eigenvalue weighted by molar-refractivity contribution is 7.99. The van der Waals surface area contributed by atoms with Crippen molar-refractivity contribution in [3.63, 3.8) is 0 Å². The summed E-state index contributed by atoms with van der Waals surface area (Å²) in [6.07, 6.45) is 1.95.